The molecule has 3 N–H and O–H groups in total. The van der Waals surface area contributed by atoms with E-state index < -0.39 is 5.91 Å². The Hall–Kier alpha value is -4.25. The van der Waals surface area contributed by atoms with E-state index in [9.17, 15) is 4.79 Å². The maximum atomic E-state index is 12.3. The van der Waals surface area contributed by atoms with Crippen molar-refractivity contribution in [3.8, 4) is 17.1 Å². The molecule has 0 spiro atoms. The van der Waals surface area contributed by atoms with Gasteiger partial charge in [-0.1, -0.05) is 0 Å². The van der Waals surface area contributed by atoms with Gasteiger partial charge < -0.3 is 30.0 Å². The summed E-state index contributed by atoms with van der Waals surface area (Å²) in [6, 6.07) is 7.83. The number of nitrogens with two attached hydrogens (primary N) is 1. The number of nitrogens with one attached hydrogen (secondary N) is 1. The Morgan fingerprint density at radius 1 is 1.15 bits per heavy atom. The number of benzene rings is 1. The van der Waals surface area contributed by atoms with Crippen molar-refractivity contribution in [2.75, 3.05) is 43.6 Å². The number of fused-ring (bicyclic) bond motifs is 1. The predicted octanol–water partition coefficient (Wildman–Crippen LogP) is 2.11. The molecule has 1 amide bonds. The van der Waals surface area contributed by atoms with Crippen molar-refractivity contribution in [3.63, 3.8) is 0 Å². The first-order valence-corrected chi connectivity index (χ1v) is 10.8. The molecule has 1 aliphatic rings. The van der Waals surface area contributed by atoms with Crippen molar-refractivity contribution in [2.45, 2.75) is 0 Å². The molecule has 0 saturated carbocycles. The quantitative estimate of drug-likeness (QED) is 0.444. The van der Waals surface area contributed by atoms with Crippen molar-refractivity contribution >= 4 is 34.1 Å². The van der Waals surface area contributed by atoms with Crippen LogP contribution in [0.5, 0.6) is 5.88 Å². The number of imidazole rings is 1. The number of rotatable bonds is 6. The Balaban J connectivity index is 1.51. The number of methoxy groups -OCH3 is 1. The maximum Gasteiger partial charge on any atom is 0.271 e. The van der Waals surface area contributed by atoms with Crippen LogP contribution in [0, 0.1) is 0 Å². The second kappa shape index (κ2) is 8.94. The zero-order chi connectivity index (χ0) is 23.7. The lowest BCUT2D eigenvalue weighted by Gasteiger charge is -2.28. The van der Waals surface area contributed by atoms with Crippen LogP contribution in [-0.4, -0.2) is 63.8 Å². The summed E-state index contributed by atoms with van der Waals surface area (Å²) in [6.45, 7) is 3.12. The van der Waals surface area contributed by atoms with Gasteiger partial charge in [-0.15, -0.1) is 0 Å². The van der Waals surface area contributed by atoms with Gasteiger partial charge in [-0.05, 0) is 24.3 Å². The summed E-state index contributed by atoms with van der Waals surface area (Å²) in [5, 5.41) is 3.15. The molecule has 0 aliphatic carbocycles. The molecular formula is C23H24N8O3. The molecule has 34 heavy (non-hydrogen) atoms. The number of aromatic nitrogens is 5. The minimum absolute atomic E-state index is 0.0130. The van der Waals surface area contributed by atoms with E-state index >= 15 is 0 Å². The highest BCUT2D eigenvalue weighted by Gasteiger charge is 2.22. The molecule has 3 aromatic heterocycles. The van der Waals surface area contributed by atoms with Crippen LogP contribution in [0.2, 0.25) is 0 Å². The number of hydrogen-bond acceptors (Lipinski definition) is 9. The molecule has 4 heterocycles. The molecule has 1 aromatic carbocycles. The van der Waals surface area contributed by atoms with Crippen LogP contribution in [0.15, 0.2) is 43.0 Å². The second-order valence-electron chi connectivity index (χ2n) is 7.82. The van der Waals surface area contributed by atoms with Crippen molar-refractivity contribution in [2.24, 2.45) is 12.8 Å². The third-order valence-corrected chi connectivity index (χ3v) is 5.69. The number of aryl methyl sites for hydroxylation is 1. The minimum atomic E-state index is -0.718. The molecule has 1 saturated heterocycles. The largest absolute Gasteiger partial charge is 0.479 e. The van der Waals surface area contributed by atoms with Gasteiger partial charge >= 0.3 is 0 Å². The molecule has 11 nitrogen and oxygen atoms in total. The molecule has 0 atom stereocenters. The van der Waals surface area contributed by atoms with E-state index in [0.717, 1.165) is 30.0 Å². The van der Waals surface area contributed by atoms with Crippen molar-refractivity contribution in [1.29, 1.82) is 0 Å². The summed E-state index contributed by atoms with van der Waals surface area (Å²) in [5.41, 5.74) is 9.89. The van der Waals surface area contributed by atoms with Crippen LogP contribution in [0.3, 0.4) is 0 Å². The lowest BCUT2D eigenvalue weighted by atomic mass is 10.1. The number of pyridine rings is 1. The number of anilines is 3. The summed E-state index contributed by atoms with van der Waals surface area (Å²) in [4.78, 5) is 32.3. The number of hydrogen-bond donors (Lipinski definition) is 2. The highest BCUT2D eigenvalue weighted by molar-refractivity contribution is 5.98. The molecule has 4 aromatic rings. The lowest BCUT2D eigenvalue weighted by Crippen LogP contribution is -2.36. The number of carbonyl (C=O) groups excluding carboxylic acids is 1. The summed E-state index contributed by atoms with van der Waals surface area (Å²) < 4.78 is 12.8. The SMILES string of the molecule is COc1nc(Nc2ccc(N3CCOCC3)cc2)c(C(N)=O)nc1-c1cncc2c1ncn2C. The van der Waals surface area contributed by atoms with Gasteiger partial charge in [-0.25, -0.2) is 9.97 Å². The maximum absolute atomic E-state index is 12.3. The molecule has 0 unspecified atom stereocenters. The lowest BCUT2D eigenvalue weighted by molar-refractivity contribution is 0.0996. The first kappa shape index (κ1) is 21.6. The summed E-state index contributed by atoms with van der Waals surface area (Å²) in [7, 11) is 3.36. The van der Waals surface area contributed by atoms with E-state index in [1.807, 2.05) is 35.9 Å². The Morgan fingerprint density at radius 3 is 2.62 bits per heavy atom. The van der Waals surface area contributed by atoms with Crippen LogP contribution in [0.4, 0.5) is 17.2 Å². The Kier molecular flexibility index (Phi) is 5.68. The Bertz CT molecular complexity index is 1350. The van der Waals surface area contributed by atoms with Gasteiger partial charge in [0.2, 0.25) is 5.88 Å². The third-order valence-electron chi connectivity index (χ3n) is 5.69. The monoisotopic (exact) mass is 460 g/mol. The molecule has 1 fully saturated rings. The summed E-state index contributed by atoms with van der Waals surface area (Å²) in [6.07, 6.45) is 5.00. The molecule has 174 valence electrons. The normalized spacial score (nSPS) is 13.8. The van der Waals surface area contributed by atoms with E-state index in [1.54, 1.807) is 18.7 Å². The van der Waals surface area contributed by atoms with E-state index in [0.29, 0.717) is 30.0 Å². The third kappa shape index (κ3) is 3.97. The van der Waals surface area contributed by atoms with Crippen LogP contribution < -0.4 is 20.7 Å². The molecule has 0 radical (unpaired) electrons. The van der Waals surface area contributed by atoms with Crippen LogP contribution in [0.25, 0.3) is 22.3 Å². The first-order chi connectivity index (χ1) is 16.5. The van der Waals surface area contributed by atoms with E-state index in [4.69, 9.17) is 15.2 Å². The zero-order valence-electron chi connectivity index (χ0n) is 18.9. The minimum Gasteiger partial charge on any atom is -0.479 e. The fourth-order valence-corrected chi connectivity index (χ4v) is 3.93. The van der Waals surface area contributed by atoms with Crippen molar-refractivity contribution < 1.29 is 14.3 Å². The number of morpholine rings is 1. The standard InChI is InChI=1S/C23H24N8O3/c1-30-13-26-18-16(11-25-12-17(18)30)19-23(33-2)29-22(20(28-19)21(24)32)27-14-3-5-15(6-4-14)31-7-9-34-10-8-31/h3-6,11-13H,7-10H2,1-2H3,(H2,24,32)(H,27,29). The van der Waals surface area contributed by atoms with Gasteiger partial charge in [0, 0.05) is 37.7 Å². The van der Waals surface area contributed by atoms with E-state index in [-0.39, 0.29) is 17.4 Å². The topological polar surface area (TPSA) is 133 Å². The number of primary amides is 1. The first-order valence-electron chi connectivity index (χ1n) is 10.8. The molecule has 11 heteroatoms. The fourth-order valence-electron chi connectivity index (χ4n) is 3.93. The van der Waals surface area contributed by atoms with Crippen molar-refractivity contribution in [3.05, 3.63) is 48.7 Å². The second-order valence-corrected chi connectivity index (χ2v) is 7.82. The highest BCUT2D eigenvalue weighted by Crippen LogP contribution is 2.33. The van der Waals surface area contributed by atoms with Gasteiger partial charge in [0.15, 0.2) is 11.5 Å². The van der Waals surface area contributed by atoms with Gasteiger partial charge in [0.25, 0.3) is 5.91 Å². The van der Waals surface area contributed by atoms with Crippen LogP contribution in [-0.2, 0) is 11.8 Å². The van der Waals surface area contributed by atoms with Crippen molar-refractivity contribution in [1.82, 2.24) is 24.5 Å². The molecule has 5 rings (SSSR count). The molecule has 1 aliphatic heterocycles. The Labute approximate surface area is 195 Å². The number of nitrogens with zero attached hydrogens (tertiary/aromatic N) is 6. The number of ether oxygens (including phenoxy) is 2. The van der Waals surface area contributed by atoms with Gasteiger partial charge in [0.05, 0.1) is 43.9 Å². The predicted molar refractivity (Wildman–Crippen MR) is 127 cm³/mol. The van der Waals surface area contributed by atoms with Gasteiger partial charge in [-0.2, -0.15) is 4.98 Å². The van der Waals surface area contributed by atoms with E-state index in [2.05, 4.69) is 30.2 Å². The highest BCUT2D eigenvalue weighted by atomic mass is 16.5. The van der Waals surface area contributed by atoms with E-state index in [1.165, 1.54) is 7.11 Å². The molecular weight excluding hydrogens is 436 g/mol. The van der Waals surface area contributed by atoms with Crippen LogP contribution >= 0.6 is 0 Å². The zero-order valence-corrected chi connectivity index (χ0v) is 18.9. The van der Waals surface area contributed by atoms with Gasteiger partial charge in [0.1, 0.15) is 11.2 Å². The summed E-state index contributed by atoms with van der Waals surface area (Å²) >= 11 is 0. The smallest absolute Gasteiger partial charge is 0.271 e. The molecule has 0 bridgehead atoms. The summed E-state index contributed by atoms with van der Waals surface area (Å²) in [5.74, 6) is -0.296. The average Bonchev–Trinajstić information content (AvgIpc) is 3.25. The van der Waals surface area contributed by atoms with Gasteiger partial charge in [-0.3, -0.25) is 9.78 Å². The number of amides is 1. The fraction of sp³-hybridized carbons (Fsp3) is 0.261. The number of carbonyl (C=O) groups is 1. The van der Waals surface area contributed by atoms with Crippen LogP contribution in [0.1, 0.15) is 10.5 Å². The average molecular weight is 460 g/mol. The Morgan fingerprint density at radius 2 is 1.91 bits per heavy atom.